The molecule has 0 atom stereocenters. The van der Waals surface area contributed by atoms with Crippen molar-refractivity contribution in [2.24, 2.45) is 16.3 Å². The number of amides is 1. The third kappa shape index (κ3) is 3.88. The van der Waals surface area contributed by atoms with Crippen molar-refractivity contribution >= 4 is 29.0 Å². The smallest absolute Gasteiger partial charge is 0.238 e. The van der Waals surface area contributed by atoms with Gasteiger partial charge in [0.25, 0.3) is 0 Å². The molecule has 5 nitrogen and oxygen atoms in total. The lowest BCUT2D eigenvalue weighted by molar-refractivity contribution is -0.123. The summed E-state index contributed by atoms with van der Waals surface area (Å²) in [6.07, 6.45) is 2.50. The number of anilines is 1. The first kappa shape index (κ1) is 17.3. The van der Waals surface area contributed by atoms with Gasteiger partial charge in [-0.15, -0.1) is 0 Å². The van der Waals surface area contributed by atoms with Crippen LogP contribution in [0.15, 0.2) is 29.4 Å². The van der Waals surface area contributed by atoms with Crippen molar-refractivity contribution < 1.29 is 10.0 Å². The van der Waals surface area contributed by atoms with Gasteiger partial charge in [0.15, 0.2) is 5.84 Å². The summed E-state index contributed by atoms with van der Waals surface area (Å²) < 4.78 is 0. The second kappa shape index (κ2) is 7.88. The van der Waals surface area contributed by atoms with Crippen LogP contribution in [-0.2, 0) is 4.79 Å². The summed E-state index contributed by atoms with van der Waals surface area (Å²) in [7, 11) is 0. The Morgan fingerprint density at radius 2 is 1.90 bits per heavy atom. The molecule has 0 unspecified atom stereocenters. The topological polar surface area (TPSA) is 87.7 Å². The second-order valence-corrected chi connectivity index (χ2v) is 5.41. The van der Waals surface area contributed by atoms with E-state index in [1.165, 1.54) is 0 Å². The molecule has 0 aliphatic carbocycles. The van der Waals surface area contributed by atoms with Gasteiger partial charge in [-0.1, -0.05) is 55.6 Å². The van der Waals surface area contributed by atoms with Gasteiger partial charge >= 0.3 is 0 Å². The fraction of sp³-hybridized carbons (Fsp3) is 0.467. The van der Waals surface area contributed by atoms with Gasteiger partial charge in [-0.2, -0.15) is 0 Å². The third-order valence-electron chi connectivity index (χ3n) is 3.51. The van der Waals surface area contributed by atoms with Crippen LogP contribution < -0.4 is 11.1 Å². The van der Waals surface area contributed by atoms with E-state index in [0.29, 0.717) is 23.6 Å². The number of carbonyl (C=O) groups excluding carboxylic acids is 1. The lowest BCUT2D eigenvalue weighted by Crippen LogP contribution is -2.47. The fourth-order valence-corrected chi connectivity index (χ4v) is 2.66. The molecule has 21 heavy (non-hydrogen) atoms. The van der Waals surface area contributed by atoms with E-state index in [2.05, 4.69) is 10.5 Å². The SMILES string of the molecule is CCCC(CCC)(C(=O)Nc1ccccc1Cl)C(N)=NO. The largest absolute Gasteiger partial charge is 0.409 e. The van der Waals surface area contributed by atoms with Crippen LogP contribution in [0.5, 0.6) is 0 Å². The number of hydrogen-bond donors (Lipinski definition) is 3. The van der Waals surface area contributed by atoms with Gasteiger partial charge in [-0.25, -0.2) is 0 Å². The predicted octanol–water partition coefficient (Wildman–Crippen LogP) is 3.61. The number of halogens is 1. The number of rotatable bonds is 7. The van der Waals surface area contributed by atoms with Crippen molar-refractivity contribution in [3.8, 4) is 0 Å². The average molecular weight is 312 g/mol. The maximum Gasteiger partial charge on any atom is 0.238 e. The summed E-state index contributed by atoms with van der Waals surface area (Å²) in [4.78, 5) is 12.7. The molecule has 0 spiro atoms. The molecule has 1 rings (SSSR count). The quantitative estimate of drug-likeness (QED) is 0.311. The summed E-state index contributed by atoms with van der Waals surface area (Å²) >= 11 is 6.06. The second-order valence-electron chi connectivity index (χ2n) is 5.00. The Bertz CT molecular complexity index is 511. The fourth-order valence-electron chi connectivity index (χ4n) is 2.48. The Morgan fingerprint density at radius 3 is 2.38 bits per heavy atom. The molecule has 116 valence electrons. The zero-order valence-corrected chi connectivity index (χ0v) is 13.2. The monoisotopic (exact) mass is 311 g/mol. The van der Waals surface area contributed by atoms with E-state index < -0.39 is 5.41 Å². The van der Waals surface area contributed by atoms with Crippen molar-refractivity contribution in [2.45, 2.75) is 39.5 Å². The van der Waals surface area contributed by atoms with E-state index >= 15 is 0 Å². The minimum absolute atomic E-state index is 0.0595. The number of benzene rings is 1. The van der Waals surface area contributed by atoms with Crippen LogP contribution in [0.3, 0.4) is 0 Å². The Kier molecular flexibility index (Phi) is 6.49. The summed E-state index contributed by atoms with van der Waals surface area (Å²) in [5.41, 5.74) is 5.33. The number of hydrogen-bond acceptors (Lipinski definition) is 3. The maximum absolute atomic E-state index is 12.7. The van der Waals surface area contributed by atoms with Crippen molar-refractivity contribution in [3.63, 3.8) is 0 Å². The maximum atomic E-state index is 12.7. The van der Waals surface area contributed by atoms with Crippen LogP contribution >= 0.6 is 11.6 Å². The molecule has 0 aliphatic heterocycles. The molecule has 4 N–H and O–H groups in total. The van der Waals surface area contributed by atoms with Gasteiger partial charge in [0, 0.05) is 0 Å². The van der Waals surface area contributed by atoms with Crippen LogP contribution in [0.1, 0.15) is 39.5 Å². The molecule has 0 bridgehead atoms. The molecule has 1 aromatic carbocycles. The number of oxime groups is 1. The van der Waals surface area contributed by atoms with E-state index in [1.54, 1.807) is 24.3 Å². The van der Waals surface area contributed by atoms with E-state index in [9.17, 15) is 4.79 Å². The summed E-state index contributed by atoms with van der Waals surface area (Å²) in [5, 5.41) is 15.4. The number of para-hydroxylation sites is 1. The highest BCUT2D eigenvalue weighted by Gasteiger charge is 2.41. The molecule has 1 amide bonds. The minimum atomic E-state index is -1.02. The van der Waals surface area contributed by atoms with Crippen molar-refractivity contribution in [3.05, 3.63) is 29.3 Å². The third-order valence-corrected chi connectivity index (χ3v) is 3.84. The van der Waals surface area contributed by atoms with E-state index in [1.807, 2.05) is 13.8 Å². The molecule has 0 saturated carbocycles. The van der Waals surface area contributed by atoms with Gasteiger partial charge in [0.05, 0.1) is 10.7 Å². The zero-order chi connectivity index (χ0) is 15.9. The Balaban J connectivity index is 3.13. The minimum Gasteiger partial charge on any atom is -0.409 e. The Labute approximate surface area is 130 Å². The first-order valence-electron chi connectivity index (χ1n) is 7.05. The molecule has 0 aliphatic rings. The van der Waals surface area contributed by atoms with E-state index in [-0.39, 0.29) is 11.7 Å². The van der Waals surface area contributed by atoms with Gasteiger partial charge < -0.3 is 16.3 Å². The molecule has 6 heteroatoms. The highest BCUT2D eigenvalue weighted by molar-refractivity contribution is 6.33. The molecule has 0 radical (unpaired) electrons. The summed E-state index contributed by atoms with van der Waals surface area (Å²) in [6.45, 7) is 3.91. The Morgan fingerprint density at radius 1 is 1.33 bits per heavy atom. The van der Waals surface area contributed by atoms with Crippen LogP contribution in [-0.4, -0.2) is 17.0 Å². The number of nitrogens with two attached hydrogens (primary N) is 1. The zero-order valence-electron chi connectivity index (χ0n) is 12.4. The van der Waals surface area contributed by atoms with E-state index in [0.717, 1.165) is 12.8 Å². The van der Waals surface area contributed by atoms with Crippen molar-refractivity contribution in [2.75, 3.05) is 5.32 Å². The molecular formula is C15H22ClN3O2. The standard InChI is InChI=1S/C15H22ClN3O2/c1-3-9-15(10-4-2,13(17)19-21)14(20)18-12-8-6-5-7-11(12)16/h5-8,21H,3-4,9-10H2,1-2H3,(H2,17,19)(H,18,20). The Hall–Kier alpha value is -1.75. The van der Waals surface area contributed by atoms with Gasteiger partial charge in [-0.3, -0.25) is 4.79 Å². The normalized spacial score (nSPS) is 12.2. The predicted molar refractivity (Wildman–Crippen MR) is 85.7 cm³/mol. The first-order chi connectivity index (χ1) is 10.0. The summed E-state index contributed by atoms with van der Waals surface area (Å²) in [5.74, 6) is -0.356. The van der Waals surface area contributed by atoms with Crippen LogP contribution in [0.2, 0.25) is 5.02 Å². The van der Waals surface area contributed by atoms with Crippen LogP contribution in [0.4, 0.5) is 5.69 Å². The number of carbonyl (C=O) groups is 1. The highest BCUT2D eigenvalue weighted by atomic mass is 35.5. The molecule has 0 heterocycles. The van der Waals surface area contributed by atoms with Crippen LogP contribution in [0.25, 0.3) is 0 Å². The lowest BCUT2D eigenvalue weighted by atomic mass is 9.77. The van der Waals surface area contributed by atoms with Crippen molar-refractivity contribution in [1.82, 2.24) is 0 Å². The first-order valence-corrected chi connectivity index (χ1v) is 7.43. The van der Waals surface area contributed by atoms with Gasteiger partial charge in [0.1, 0.15) is 5.41 Å². The van der Waals surface area contributed by atoms with Crippen LogP contribution in [0, 0.1) is 5.41 Å². The van der Waals surface area contributed by atoms with Crippen molar-refractivity contribution in [1.29, 1.82) is 0 Å². The average Bonchev–Trinajstić information content (AvgIpc) is 2.48. The number of nitrogens with one attached hydrogen (secondary N) is 1. The summed E-state index contributed by atoms with van der Waals surface area (Å²) in [6, 6.07) is 6.98. The van der Waals surface area contributed by atoms with Gasteiger partial charge in [0.2, 0.25) is 5.91 Å². The molecule has 0 saturated heterocycles. The lowest BCUT2D eigenvalue weighted by Gasteiger charge is -2.30. The molecule has 0 aromatic heterocycles. The number of amidine groups is 1. The highest BCUT2D eigenvalue weighted by Crippen LogP contribution is 2.33. The number of nitrogens with zero attached hydrogens (tertiary/aromatic N) is 1. The van der Waals surface area contributed by atoms with Gasteiger partial charge in [-0.05, 0) is 25.0 Å². The molecule has 0 fully saturated rings. The molecular weight excluding hydrogens is 290 g/mol. The van der Waals surface area contributed by atoms with E-state index in [4.69, 9.17) is 22.5 Å². The molecule has 1 aromatic rings.